The second kappa shape index (κ2) is 4.28. The Hall–Kier alpha value is -2.31. The van der Waals surface area contributed by atoms with Crippen molar-refractivity contribution in [3.8, 4) is 0 Å². The van der Waals surface area contributed by atoms with Crippen molar-refractivity contribution >= 4 is 18.0 Å². The monoisotopic (exact) mass is 237 g/mol. The molecule has 2 aliphatic rings. The van der Waals surface area contributed by atoms with E-state index in [1.165, 1.54) is 23.5 Å². The molecule has 7 heteroatoms. The van der Waals surface area contributed by atoms with E-state index < -0.39 is 29.5 Å². The molecule has 0 aliphatic carbocycles. The first-order valence-corrected chi connectivity index (χ1v) is 5.04. The van der Waals surface area contributed by atoms with E-state index in [1.54, 1.807) is 6.92 Å². The fourth-order valence-corrected chi connectivity index (χ4v) is 1.54. The second-order valence-corrected chi connectivity index (χ2v) is 3.34. The maximum absolute atomic E-state index is 11.9. The van der Waals surface area contributed by atoms with Crippen LogP contribution in [0.3, 0.4) is 0 Å². The van der Waals surface area contributed by atoms with Crippen molar-refractivity contribution in [2.24, 2.45) is 4.99 Å². The number of rotatable bonds is 2. The fourth-order valence-electron chi connectivity index (χ4n) is 1.54. The van der Waals surface area contributed by atoms with E-state index >= 15 is 0 Å². The molecule has 7 nitrogen and oxygen atoms in total. The van der Waals surface area contributed by atoms with Gasteiger partial charge < -0.3 is 15.2 Å². The Morgan fingerprint density at radius 3 is 3.12 bits per heavy atom. The number of aliphatic hydroxyl groups excluding tert-OH is 1. The third-order valence-corrected chi connectivity index (χ3v) is 2.29. The lowest BCUT2D eigenvalue weighted by atomic mass is 10.1. The zero-order chi connectivity index (χ0) is 12.4. The maximum atomic E-state index is 11.9. The molecule has 1 saturated heterocycles. The lowest BCUT2D eigenvalue weighted by Crippen LogP contribution is -2.57. The zero-order valence-corrected chi connectivity index (χ0v) is 9.08. The van der Waals surface area contributed by atoms with Gasteiger partial charge in [0.05, 0.1) is 6.61 Å². The minimum Gasteiger partial charge on any atom is -0.480 e. The molecule has 17 heavy (non-hydrogen) atoms. The summed E-state index contributed by atoms with van der Waals surface area (Å²) in [5.74, 6) is -1.96. The van der Waals surface area contributed by atoms with Crippen LogP contribution in [-0.4, -0.2) is 40.8 Å². The van der Waals surface area contributed by atoms with E-state index in [9.17, 15) is 14.7 Å². The Kier molecular flexibility index (Phi) is 2.82. The van der Waals surface area contributed by atoms with Gasteiger partial charge in [-0.1, -0.05) is 0 Å². The lowest BCUT2D eigenvalue weighted by Gasteiger charge is -2.33. The molecule has 1 unspecified atom stereocenters. The highest BCUT2D eigenvalue weighted by Gasteiger charge is 2.38. The summed E-state index contributed by atoms with van der Waals surface area (Å²) in [6.07, 6.45) is 3.65. The normalized spacial score (nSPS) is 25.5. The van der Waals surface area contributed by atoms with Crippen LogP contribution >= 0.6 is 0 Å². The first kappa shape index (κ1) is 11.2. The molecule has 0 aromatic carbocycles. The highest BCUT2D eigenvalue weighted by atomic mass is 16.6. The molecular weight excluding hydrogens is 226 g/mol. The van der Waals surface area contributed by atoms with Crippen molar-refractivity contribution in [1.82, 2.24) is 10.2 Å². The van der Waals surface area contributed by atoms with Crippen molar-refractivity contribution in [1.29, 1.82) is 0 Å². The van der Waals surface area contributed by atoms with Crippen LogP contribution in [0.15, 0.2) is 28.9 Å². The SMILES string of the molecule is CCO/C(O)=C1/C(=O)NC2C=NC=CN2C1=O. The van der Waals surface area contributed by atoms with Gasteiger partial charge in [0, 0.05) is 18.6 Å². The molecule has 1 fully saturated rings. The van der Waals surface area contributed by atoms with Crippen LogP contribution < -0.4 is 5.32 Å². The summed E-state index contributed by atoms with van der Waals surface area (Å²) < 4.78 is 4.77. The Labute approximate surface area is 97.1 Å². The van der Waals surface area contributed by atoms with Crippen LogP contribution in [-0.2, 0) is 14.3 Å². The standard InChI is InChI=1S/C10H11N3O4/c1-2-17-10(16)7-8(14)12-6-5-11-3-4-13(6)9(7)15/h3-6,16H,2H2,1H3,(H,12,14)/b10-7-. The first-order valence-electron chi connectivity index (χ1n) is 5.04. The quantitative estimate of drug-likeness (QED) is 0.389. The van der Waals surface area contributed by atoms with E-state index in [4.69, 9.17) is 4.74 Å². The van der Waals surface area contributed by atoms with Gasteiger partial charge in [-0.05, 0) is 6.92 Å². The third kappa shape index (κ3) is 1.86. The Morgan fingerprint density at radius 1 is 1.65 bits per heavy atom. The van der Waals surface area contributed by atoms with Crippen LogP contribution in [0.25, 0.3) is 0 Å². The maximum Gasteiger partial charge on any atom is 0.295 e. The number of carbonyl (C=O) groups is 2. The predicted octanol–water partition coefficient (Wildman–Crippen LogP) is -0.367. The molecule has 2 N–H and O–H groups in total. The average molecular weight is 237 g/mol. The van der Waals surface area contributed by atoms with E-state index in [2.05, 4.69) is 10.3 Å². The van der Waals surface area contributed by atoms with E-state index in [0.29, 0.717) is 0 Å². The Balaban J connectivity index is 2.34. The van der Waals surface area contributed by atoms with Crippen molar-refractivity contribution in [3.05, 3.63) is 23.9 Å². The molecule has 2 aliphatic heterocycles. The van der Waals surface area contributed by atoms with Gasteiger partial charge in [0.25, 0.3) is 17.8 Å². The number of carbonyl (C=O) groups excluding carboxylic acids is 2. The van der Waals surface area contributed by atoms with Crippen molar-refractivity contribution < 1.29 is 19.4 Å². The highest BCUT2D eigenvalue weighted by Crippen LogP contribution is 2.17. The molecule has 2 heterocycles. The molecule has 0 aromatic heterocycles. The number of hydrogen-bond acceptors (Lipinski definition) is 5. The van der Waals surface area contributed by atoms with Crippen LogP contribution in [0.1, 0.15) is 6.92 Å². The van der Waals surface area contributed by atoms with Crippen molar-refractivity contribution in [3.63, 3.8) is 0 Å². The largest absolute Gasteiger partial charge is 0.480 e. The molecule has 0 aromatic rings. The van der Waals surface area contributed by atoms with Gasteiger partial charge in [0.15, 0.2) is 5.57 Å². The Morgan fingerprint density at radius 2 is 2.41 bits per heavy atom. The summed E-state index contributed by atoms with van der Waals surface area (Å²) in [7, 11) is 0. The molecule has 0 saturated carbocycles. The Bertz CT molecular complexity index is 452. The predicted molar refractivity (Wildman–Crippen MR) is 57.7 cm³/mol. The van der Waals surface area contributed by atoms with E-state index in [0.717, 1.165) is 0 Å². The number of aliphatic imine (C=N–C) groups is 1. The first-order chi connectivity index (χ1) is 8.15. The van der Waals surface area contributed by atoms with Gasteiger partial charge in [-0.3, -0.25) is 19.5 Å². The van der Waals surface area contributed by atoms with Crippen molar-refractivity contribution in [2.45, 2.75) is 13.1 Å². The number of fused-ring (bicyclic) bond motifs is 1. The molecular formula is C10H11N3O4. The number of amides is 2. The molecule has 0 radical (unpaired) electrons. The van der Waals surface area contributed by atoms with Gasteiger partial charge >= 0.3 is 0 Å². The zero-order valence-electron chi connectivity index (χ0n) is 9.08. The van der Waals surface area contributed by atoms with Crippen LogP contribution in [0.2, 0.25) is 0 Å². The topological polar surface area (TPSA) is 91.2 Å². The number of hydrogen-bond donors (Lipinski definition) is 2. The van der Waals surface area contributed by atoms with Crippen LogP contribution in [0.5, 0.6) is 0 Å². The minimum atomic E-state index is -0.677. The van der Waals surface area contributed by atoms with Gasteiger partial charge in [0.1, 0.15) is 6.17 Å². The number of nitrogens with zero attached hydrogens (tertiary/aromatic N) is 2. The summed E-state index contributed by atoms with van der Waals surface area (Å²) in [6.45, 7) is 1.80. The van der Waals surface area contributed by atoms with Gasteiger partial charge in [-0.15, -0.1) is 0 Å². The van der Waals surface area contributed by atoms with Gasteiger partial charge in [-0.2, -0.15) is 0 Å². The summed E-state index contributed by atoms with van der Waals surface area (Å²) in [4.78, 5) is 28.6. The summed E-state index contributed by atoms with van der Waals surface area (Å²) in [5, 5.41) is 12.0. The summed E-state index contributed by atoms with van der Waals surface area (Å²) in [5.41, 5.74) is -0.400. The molecule has 2 amide bonds. The molecule has 1 atom stereocenters. The molecule has 2 rings (SSSR count). The van der Waals surface area contributed by atoms with Gasteiger partial charge in [0.2, 0.25) is 0 Å². The van der Waals surface area contributed by atoms with Crippen molar-refractivity contribution in [2.75, 3.05) is 6.61 Å². The van der Waals surface area contributed by atoms with Gasteiger partial charge in [-0.25, -0.2) is 0 Å². The van der Waals surface area contributed by atoms with Crippen LogP contribution in [0.4, 0.5) is 0 Å². The third-order valence-electron chi connectivity index (χ3n) is 2.29. The smallest absolute Gasteiger partial charge is 0.295 e. The minimum absolute atomic E-state index is 0.163. The lowest BCUT2D eigenvalue weighted by molar-refractivity contribution is -0.135. The highest BCUT2D eigenvalue weighted by molar-refractivity contribution is 6.21. The fraction of sp³-hybridized carbons (Fsp3) is 0.300. The number of nitrogens with one attached hydrogen (secondary N) is 1. The summed E-state index contributed by atoms with van der Waals surface area (Å²) in [6, 6.07) is 0. The number of aliphatic hydroxyl groups is 1. The average Bonchev–Trinajstić information content (AvgIpc) is 2.29. The summed E-state index contributed by atoms with van der Waals surface area (Å²) >= 11 is 0. The second-order valence-electron chi connectivity index (χ2n) is 3.34. The van der Waals surface area contributed by atoms with Crippen LogP contribution in [0, 0.1) is 0 Å². The number of ether oxygens (including phenoxy) is 1. The molecule has 0 spiro atoms. The molecule has 0 bridgehead atoms. The molecule has 90 valence electrons. The van der Waals surface area contributed by atoms with E-state index in [1.807, 2.05) is 0 Å². The van der Waals surface area contributed by atoms with E-state index in [-0.39, 0.29) is 6.61 Å².